The molecule has 1 N–H and O–H groups in total. The Morgan fingerprint density at radius 3 is 2.52 bits per heavy atom. The fraction of sp³-hybridized carbons (Fsp3) is 0.231. The Morgan fingerprint density at radius 1 is 1.06 bits per heavy atom. The Morgan fingerprint density at radius 2 is 1.85 bits per heavy atom. The first kappa shape index (κ1) is 22.6. The van der Waals surface area contributed by atoms with Crippen molar-refractivity contribution < 1.29 is 24.2 Å². The predicted octanol–water partition coefficient (Wildman–Crippen LogP) is 5.17. The molecule has 2 aromatic carbocycles. The Kier molecular flexibility index (Phi) is 6.79. The zero-order chi connectivity index (χ0) is 23.4. The molecule has 1 aromatic heterocycles. The van der Waals surface area contributed by atoms with Crippen molar-refractivity contribution in [2.24, 2.45) is 0 Å². The molecule has 1 atom stereocenters. The highest BCUT2D eigenvalue weighted by Gasteiger charge is 2.46. The van der Waals surface area contributed by atoms with E-state index in [2.05, 4.69) is 0 Å². The van der Waals surface area contributed by atoms with Crippen molar-refractivity contribution in [3.8, 4) is 11.5 Å². The molecule has 7 heteroatoms. The van der Waals surface area contributed by atoms with E-state index in [0.717, 1.165) is 16.9 Å². The Labute approximate surface area is 196 Å². The molecule has 3 aromatic rings. The highest BCUT2D eigenvalue weighted by Crippen LogP contribution is 2.42. The number of amides is 1. The summed E-state index contributed by atoms with van der Waals surface area (Å²) in [5.41, 5.74) is 1.38. The summed E-state index contributed by atoms with van der Waals surface area (Å²) in [5.74, 6) is -0.175. The molecule has 170 valence electrons. The van der Waals surface area contributed by atoms with Crippen molar-refractivity contribution in [3.63, 3.8) is 0 Å². The number of nitrogens with zero attached hydrogens (tertiary/aromatic N) is 1. The number of aliphatic hydroxyl groups excluding tert-OH is 1. The van der Waals surface area contributed by atoms with E-state index < -0.39 is 17.7 Å². The van der Waals surface area contributed by atoms with Gasteiger partial charge in [0.1, 0.15) is 17.3 Å². The third-order valence-electron chi connectivity index (χ3n) is 5.44. The van der Waals surface area contributed by atoms with Crippen LogP contribution in [0.2, 0.25) is 0 Å². The Hall–Kier alpha value is -3.58. The minimum atomic E-state index is -0.694. The van der Waals surface area contributed by atoms with Crippen molar-refractivity contribution >= 4 is 28.8 Å². The summed E-state index contributed by atoms with van der Waals surface area (Å²) in [6.45, 7) is 2.83. The van der Waals surface area contributed by atoms with E-state index in [-0.39, 0.29) is 17.9 Å². The van der Waals surface area contributed by atoms with Gasteiger partial charge in [0.25, 0.3) is 11.7 Å². The first-order valence-electron chi connectivity index (χ1n) is 10.7. The van der Waals surface area contributed by atoms with Gasteiger partial charge in [0.05, 0.1) is 25.3 Å². The number of hydrogen-bond donors (Lipinski definition) is 1. The van der Waals surface area contributed by atoms with E-state index in [1.54, 1.807) is 31.4 Å². The predicted molar refractivity (Wildman–Crippen MR) is 127 cm³/mol. The van der Waals surface area contributed by atoms with Crippen molar-refractivity contribution in [2.75, 3.05) is 13.7 Å². The smallest absolute Gasteiger partial charge is 0.295 e. The van der Waals surface area contributed by atoms with Crippen LogP contribution in [0.5, 0.6) is 11.5 Å². The molecule has 1 aliphatic rings. The van der Waals surface area contributed by atoms with Crippen LogP contribution >= 0.6 is 11.3 Å². The quantitative estimate of drug-likeness (QED) is 0.283. The molecule has 33 heavy (non-hydrogen) atoms. The molecular weight excluding hydrogens is 438 g/mol. The third kappa shape index (κ3) is 4.64. The molecule has 0 aliphatic carbocycles. The molecule has 1 fully saturated rings. The fourth-order valence-corrected chi connectivity index (χ4v) is 4.68. The van der Waals surface area contributed by atoms with E-state index >= 15 is 0 Å². The molecule has 1 saturated heterocycles. The van der Waals surface area contributed by atoms with Crippen LogP contribution in [0.1, 0.15) is 35.4 Å². The number of Topliss-reactive ketones (excluding diaryl/α,β-unsaturated/α-hetero) is 1. The number of hydrogen-bond acceptors (Lipinski definition) is 6. The van der Waals surface area contributed by atoms with Gasteiger partial charge >= 0.3 is 0 Å². The minimum Gasteiger partial charge on any atom is -0.507 e. The van der Waals surface area contributed by atoms with Crippen molar-refractivity contribution in [3.05, 3.63) is 87.6 Å². The molecule has 6 nitrogen and oxygen atoms in total. The van der Waals surface area contributed by atoms with Crippen molar-refractivity contribution in [1.29, 1.82) is 0 Å². The van der Waals surface area contributed by atoms with Gasteiger partial charge < -0.3 is 19.5 Å². The molecular formula is C26H25NO5S. The monoisotopic (exact) mass is 463 g/mol. The maximum Gasteiger partial charge on any atom is 0.295 e. The van der Waals surface area contributed by atoms with Crippen LogP contribution in [0.4, 0.5) is 0 Å². The number of ether oxygens (including phenoxy) is 2. The fourth-order valence-electron chi connectivity index (χ4n) is 3.84. The minimum absolute atomic E-state index is 0.0903. The van der Waals surface area contributed by atoms with Crippen molar-refractivity contribution in [2.45, 2.75) is 25.9 Å². The van der Waals surface area contributed by atoms with E-state index in [9.17, 15) is 14.7 Å². The molecule has 0 saturated carbocycles. The Balaban J connectivity index is 1.73. The average Bonchev–Trinajstić information content (AvgIpc) is 3.45. The molecule has 0 spiro atoms. The number of likely N-dealkylation sites (tertiary alicyclic amines) is 1. The van der Waals surface area contributed by atoms with Crippen LogP contribution in [0.25, 0.3) is 5.76 Å². The number of carbonyl (C=O) groups is 2. The van der Waals surface area contributed by atoms with Gasteiger partial charge in [-0.25, -0.2) is 0 Å². The third-order valence-corrected chi connectivity index (χ3v) is 6.37. The lowest BCUT2D eigenvalue weighted by Gasteiger charge is -2.24. The summed E-state index contributed by atoms with van der Waals surface area (Å²) < 4.78 is 10.9. The van der Waals surface area contributed by atoms with Crippen LogP contribution in [0, 0.1) is 0 Å². The summed E-state index contributed by atoms with van der Waals surface area (Å²) in [6, 6.07) is 17.3. The van der Waals surface area contributed by atoms with Crippen LogP contribution in [0.15, 0.2) is 71.6 Å². The molecule has 4 rings (SSSR count). The zero-order valence-electron chi connectivity index (χ0n) is 18.5. The van der Waals surface area contributed by atoms with Crippen LogP contribution < -0.4 is 9.47 Å². The summed E-state index contributed by atoms with van der Waals surface area (Å²) in [6.07, 6.45) is 0.888. The van der Waals surface area contributed by atoms with Crippen LogP contribution in [0.3, 0.4) is 0 Å². The van der Waals surface area contributed by atoms with Gasteiger partial charge in [-0.05, 0) is 59.8 Å². The van der Waals surface area contributed by atoms with E-state index in [1.807, 2.05) is 48.7 Å². The first-order chi connectivity index (χ1) is 16.0. The second kappa shape index (κ2) is 9.92. The summed E-state index contributed by atoms with van der Waals surface area (Å²) in [7, 11) is 1.58. The number of rotatable bonds is 8. The molecule has 1 unspecified atom stereocenters. The van der Waals surface area contributed by atoms with Crippen LogP contribution in [-0.4, -0.2) is 35.4 Å². The highest BCUT2D eigenvalue weighted by molar-refractivity contribution is 7.10. The lowest BCUT2D eigenvalue weighted by atomic mass is 9.99. The Bertz CT molecular complexity index is 1170. The molecule has 0 bridgehead atoms. The number of ketones is 1. The van der Waals surface area contributed by atoms with E-state index in [4.69, 9.17) is 9.47 Å². The summed E-state index contributed by atoms with van der Waals surface area (Å²) in [4.78, 5) is 28.5. The second-order valence-electron chi connectivity index (χ2n) is 7.67. The van der Waals surface area contributed by atoms with E-state index in [0.29, 0.717) is 23.7 Å². The maximum absolute atomic E-state index is 13.1. The van der Waals surface area contributed by atoms with Gasteiger partial charge in [0.2, 0.25) is 0 Å². The summed E-state index contributed by atoms with van der Waals surface area (Å²) in [5, 5.41) is 13.0. The number of thiophene rings is 1. The number of benzene rings is 2. The largest absolute Gasteiger partial charge is 0.507 e. The summed E-state index contributed by atoms with van der Waals surface area (Å²) >= 11 is 1.44. The van der Waals surface area contributed by atoms with Gasteiger partial charge in [-0.3, -0.25) is 9.59 Å². The highest BCUT2D eigenvalue weighted by atomic mass is 32.1. The lowest BCUT2D eigenvalue weighted by molar-refractivity contribution is -0.140. The van der Waals surface area contributed by atoms with Gasteiger partial charge in [0, 0.05) is 17.0 Å². The number of aliphatic hydroxyl groups is 1. The zero-order valence-corrected chi connectivity index (χ0v) is 19.3. The number of carbonyl (C=O) groups excluding carboxylic acids is 2. The lowest BCUT2D eigenvalue weighted by Crippen LogP contribution is -2.28. The van der Waals surface area contributed by atoms with Gasteiger partial charge in [-0.2, -0.15) is 0 Å². The maximum atomic E-state index is 13.1. The SMILES string of the molecule is CCCOc1ccc(/C(O)=C2/C(=O)C(=O)N(Cc3cccc(OC)c3)C2c2cccs2)cc1. The average molecular weight is 464 g/mol. The second-order valence-corrected chi connectivity index (χ2v) is 8.65. The van der Waals surface area contributed by atoms with Gasteiger partial charge in [-0.15, -0.1) is 11.3 Å². The topological polar surface area (TPSA) is 76.1 Å². The first-order valence-corrected chi connectivity index (χ1v) is 11.6. The number of methoxy groups -OCH3 is 1. The van der Waals surface area contributed by atoms with Crippen molar-refractivity contribution in [1.82, 2.24) is 4.90 Å². The standard InChI is InChI=1S/C26H25NO5S/c1-3-13-32-19-11-9-18(10-12-19)24(28)22-23(21-8-5-14-33-21)27(26(30)25(22)29)16-17-6-4-7-20(15-17)31-2/h4-12,14-15,23,28H,3,13,16H2,1-2H3/b24-22-. The molecule has 0 radical (unpaired) electrons. The van der Waals surface area contributed by atoms with Gasteiger partial charge in [0.15, 0.2) is 0 Å². The molecule has 2 heterocycles. The van der Waals surface area contributed by atoms with Gasteiger partial charge in [-0.1, -0.05) is 25.1 Å². The van der Waals surface area contributed by atoms with Crippen LogP contribution in [-0.2, 0) is 16.1 Å². The molecule has 1 aliphatic heterocycles. The molecule has 1 amide bonds. The van der Waals surface area contributed by atoms with E-state index in [1.165, 1.54) is 16.2 Å². The normalized spacial score (nSPS) is 17.4.